The van der Waals surface area contributed by atoms with Crippen LogP contribution in [0, 0.1) is 13.8 Å². The smallest absolute Gasteiger partial charge is 0.342 e. The summed E-state index contributed by atoms with van der Waals surface area (Å²) in [4.78, 5) is 17.3. The van der Waals surface area contributed by atoms with Crippen LogP contribution in [-0.4, -0.2) is 29.8 Å². The first-order valence-electron chi connectivity index (χ1n) is 10.3. The minimum absolute atomic E-state index is 0.223. The lowest BCUT2D eigenvalue weighted by Crippen LogP contribution is -2.23. The van der Waals surface area contributed by atoms with E-state index in [4.69, 9.17) is 21.7 Å². The Hall–Kier alpha value is -3.85. The van der Waals surface area contributed by atoms with Crippen LogP contribution in [0.2, 0.25) is 0 Å². The van der Waals surface area contributed by atoms with Crippen molar-refractivity contribution in [3.05, 3.63) is 71.4 Å². The molecule has 2 N–H and O–H groups in total. The van der Waals surface area contributed by atoms with E-state index in [1.54, 1.807) is 27.9 Å². The zero-order valence-electron chi connectivity index (χ0n) is 18.9. The van der Waals surface area contributed by atoms with Gasteiger partial charge in [-0.1, -0.05) is 18.2 Å². The number of esters is 1. The van der Waals surface area contributed by atoms with Crippen LogP contribution in [0.4, 0.5) is 22.9 Å². The van der Waals surface area contributed by atoms with Gasteiger partial charge in [-0.3, -0.25) is 0 Å². The van der Waals surface area contributed by atoms with Crippen molar-refractivity contribution in [2.24, 2.45) is 10.2 Å². The van der Waals surface area contributed by atoms with Crippen molar-refractivity contribution >= 4 is 46.2 Å². The third-order valence-corrected chi connectivity index (χ3v) is 4.87. The predicted octanol–water partition coefficient (Wildman–Crippen LogP) is 6.11. The molecular weight excluding hydrogens is 438 g/mol. The van der Waals surface area contributed by atoms with Gasteiger partial charge in [-0.15, -0.1) is 5.11 Å². The lowest BCUT2D eigenvalue weighted by Gasteiger charge is -2.17. The molecule has 0 radical (unpaired) electrons. The monoisotopic (exact) mass is 463 g/mol. The number of rotatable bonds is 7. The molecule has 0 amide bonds. The van der Waals surface area contributed by atoms with E-state index in [1.165, 1.54) is 0 Å². The molecule has 0 bridgehead atoms. The largest absolute Gasteiger partial charge is 0.497 e. The fourth-order valence-corrected chi connectivity index (χ4v) is 3.30. The number of carbonyl (C=O) groups excluding carboxylic acids is 1. The summed E-state index contributed by atoms with van der Waals surface area (Å²) in [5, 5.41) is 15.0. The number of nitrogens with zero attached hydrogens (tertiary/aromatic N) is 3. The Morgan fingerprint density at radius 1 is 1.03 bits per heavy atom. The summed E-state index contributed by atoms with van der Waals surface area (Å²) in [7, 11) is 1.60. The van der Waals surface area contributed by atoms with Gasteiger partial charge in [0.2, 0.25) is 0 Å². The molecule has 8 nitrogen and oxygen atoms in total. The molecule has 1 heterocycles. The number of aromatic nitrogens is 1. The molecule has 3 rings (SSSR count). The molecule has 0 aliphatic heterocycles. The van der Waals surface area contributed by atoms with Crippen molar-refractivity contribution < 1.29 is 14.3 Å². The van der Waals surface area contributed by atoms with Crippen LogP contribution >= 0.6 is 12.2 Å². The van der Waals surface area contributed by atoms with Crippen LogP contribution in [0.5, 0.6) is 5.75 Å². The molecule has 0 aliphatic rings. The molecule has 0 saturated carbocycles. The minimum Gasteiger partial charge on any atom is -0.497 e. The van der Waals surface area contributed by atoms with E-state index in [9.17, 15) is 4.79 Å². The number of methoxy groups -OCH3 is 1. The highest BCUT2D eigenvalue weighted by Crippen LogP contribution is 2.32. The summed E-state index contributed by atoms with van der Waals surface area (Å²) in [5.41, 5.74) is 3.39. The van der Waals surface area contributed by atoms with Crippen LogP contribution in [-0.2, 0) is 4.74 Å². The standard InChI is InChI=1S/C24H25N5O3S/c1-5-32-23(30)20-15(2)21(29-28-18-9-7-6-8-10-18)16(3)25-22(20)27-24(33)26-17-11-13-19(31-4)14-12-17/h6-14H,5H2,1-4H3,(H2,25,26,27,33). The molecule has 170 valence electrons. The first kappa shape index (κ1) is 23.8. The maximum Gasteiger partial charge on any atom is 0.342 e. The Labute approximate surface area is 198 Å². The summed E-state index contributed by atoms with van der Waals surface area (Å²) in [6.07, 6.45) is 0. The SMILES string of the molecule is CCOC(=O)c1c(NC(=S)Nc2ccc(OC)cc2)nc(C)c(N=Nc2ccccc2)c1C. The Kier molecular flexibility index (Phi) is 8.04. The minimum atomic E-state index is -0.520. The summed E-state index contributed by atoms with van der Waals surface area (Å²) in [5.74, 6) is 0.499. The molecule has 0 fully saturated rings. The Bertz CT molecular complexity index is 1160. The molecular formula is C24H25N5O3S. The van der Waals surface area contributed by atoms with Gasteiger partial charge in [-0.2, -0.15) is 5.11 Å². The van der Waals surface area contributed by atoms with Crippen LogP contribution in [0.1, 0.15) is 28.5 Å². The van der Waals surface area contributed by atoms with Crippen LogP contribution in [0.15, 0.2) is 64.8 Å². The summed E-state index contributed by atoms with van der Waals surface area (Å²) < 4.78 is 10.4. The fourth-order valence-electron chi connectivity index (χ4n) is 3.08. The Morgan fingerprint density at radius 2 is 1.73 bits per heavy atom. The molecule has 2 aromatic carbocycles. The van der Waals surface area contributed by atoms with Gasteiger partial charge >= 0.3 is 5.97 Å². The zero-order chi connectivity index (χ0) is 23.8. The van der Waals surface area contributed by atoms with Gasteiger partial charge in [-0.25, -0.2) is 9.78 Å². The van der Waals surface area contributed by atoms with Gasteiger partial charge in [0, 0.05) is 5.69 Å². The highest BCUT2D eigenvalue weighted by molar-refractivity contribution is 7.80. The van der Waals surface area contributed by atoms with E-state index in [-0.39, 0.29) is 23.1 Å². The molecule has 0 unspecified atom stereocenters. The molecule has 0 saturated heterocycles. The number of aryl methyl sites for hydroxylation is 1. The van der Waals surface area contributed by atoms with E-state index in [0.717, 1.165) is 11.4 Å². The van der Waals surface area contributed by atoms with Crippen LogP contribution in [0.25, 0.3) is 0 Å². The Balaban J connectivity index is 1.91. The second-order valence-electron chi connectivity index (χ2n) is 6.96. The van der Waals surface area contributed by atoms with Crippen molar-refractivity contribution in [2.75, 3.05) is 24.4 Å². The average molecular weight is 464 g/mol. The number of anilines is 2. The summed E-state index contributed by atoms with van der Waals surface area (Å²) in [6.45, 7) is 5.55. The van der Waals surface area contributed by atoms with Gasteiger partial charge < -0.3 is 20.1 Å². The first-order valence-corrected chi connectivity index (χ1v) is 10.7. The predicted molar refractivity (Wildman–Crippen MR) is 133 cm³/mol. The van der Waals surface area contributed by atoms with Gasteiger partial charge in [-0.05, 0) is 75.0 Å². The maximum atomic E-state index is 12.8. The Morgan fingerprint density at radius 3 is 2.36 bits per heavy atom. The maximum absolute atomic E-state index is 12.8. The van der Waals surface area contributed by atoms with Gasteiger partial charge in [0.15, 0.2) is 5.11 Å². The average Bonchev–Trinajstić information content (AvgIpc) is 2.80. The quantitative estimate of drug-likeness (QED) is 0.248. The van der Waals surface area contributed by atoms with E-state index < -0.39 is 5.97 Å². The van der Waals surface area contributed by atoms with E-state index in [0.29, 0.717) is 22.6 Å². The van der Waals surface area contributed by atoms with E-state index in [2.05, 4.69) is 25.8 Å². The molecule has 0 spiro atoms. The van der Waals surface area contributed by atoms with E-state index >= 15 is 0 Å². The number of ether oxygens (including phenoxy) is 2. The fraction of sp³-hybridized carbons (Fsp3) is 0.208. The number of nitrogens with one attached hydrogen (secondary N) is 2. The zero-order valence-corrected chi connectivity index (χ0v) is 19.7. The second kappa shape index (κ2) is 11.1. The van der Waals surface area contributed by atoms with E-state index in [1.807, 2.05) is 54.6 Å². The van der Waals surface area contributed by atoms with Crippen LogP contribution < -0.4 is 15.4 Å². The number of hydrogen-bond acceptors (Lipinski definition) is 7. The normalized spacial score (nSPS) is 10.7. The third-order valence-electron chi connectivity index (χ3n) is 4.67. The molecule has 0 aliphatic carbocycles. The number of carbonyl (C=O) groups is 1. The van der Waals surface area contributed by atoms with Crippen molar-refractivity contribution in [1.29, 1.82) is 0 Å². The molecule has 33 heavy (non-hydrogen) atoms. The highest BCUT2D eigenvalue weighted by Gasteiger charge is 2.23. The molecule has 1 aromatic heterocycles. The number of pyridine rings is 1. The summed E-state index contributed by atoms with van der Waals surface area (Å²) in [6, 6.07) is 16.6. The van der Waals surface area contributed by atoms with Gasteiger partial charge in [0.1, 0.15) is 22.8 Å². The lowest BCUT2D eigenvalue weighted by molar-refractivity contribution is 0.0526. The second-order valence-corrected chi connectivity index (χ2v) is 7.37. The molecule has 0 atom stereocenters. The number of azo groups is 1. The van der Waals surface area contributed by atoms with Crippen LogP contribution in [0.3, 0.4) is 0 Å². The van der Waals surface area contributed by atoms with Gasteiger partial charge in [0.25, 0.3) is 0 Å². The summed E-state index contributed by atoms with van der Waals surface area (Å²) >= 11 is 5.44. The number of benzene rings is 2. The third kappa shape index (κ3) is 6.11. The van der Waals surface area contributed by atoms with Crippen molar-refractivity contribution in [1.82, 2.24) is 4.98 Å². The van der Waals surface area contributed by atoms with Crippen molar-refractivity contribution in [3.8, 4) is 5.75 Å². The molecule has 9 heteroatoms. The van der Waals surface area contributed by atoms with Gasteiger partial charge in [0.05, 0.1) is 25.1 Å². The lowest BCUT2D eigenvalue weighted by atomic mass is 10.1. The topological polar surface area (TPSA) is 97.2 Å². The number of thiocarbonyl (C=S) groups is 1. The highest BCUT2D eigenvalue weighted by atomic mass is 32.1. The van der Waals surface area contributed by atoms with Crippen molar-refractivity contribution in [2.45, 2.75) is 20.8 Å². The molecule has 3 aromatic rings. The number of hydrogen-bond donors (Lipinski definition) is 2. The van der Waals surface area contributed by atoms with Crippen molar-refractivity contribution in [3.63, 3.8) is 0 Å². The first-order chi connectivity index (χ1) is 15.9.